The van der Waals surface area contributed by atoms with Gasteiger partial charge >= 0.3 is 0 Å². The van der Waals surface area contributed by atoms with E-state index in [1.165, 1.54) is 77.8 Å². The molecule has 0 unspecified atom stereocenters. The van der Waals surface area contributed by atoms with Crippen LogP contribution in [0.25, 0.3) is 0 Å². The Labute approximate surface area is 502 Å². The molecule has 1 aliphatic heterocycles. The van der Waals surface area contributed by atoms with Gasteiger partial charge in [0.15, 0.2) is 5.82 Å². The second kappa shape index (κ2) is 27.3. The Morgan fingerprint density at radius 3 is 1.35 bits per heavy atom. The number of carbonyl (C=O) groups excluding carboxylic acids is 11. The molecule has 3 atom stereocenters. The van der Waals surface area contributed by atoms with E-state index in [1.54, 1.807) is 89.5 Å². The fraction of sp³-hybridized carbons (Fsp3) is 0.321. The second-order valence-corrected chi connectivity index (χ2v) is 21.1. The van der Waals surface area contributed by atoms with Crippen LogP contribution in [0.1, 0.15) is 99.2 Å². The van der Waals surface area contributed by atoms with E-state index in [1.807, 2.05) is 0 Å². The Morgan fingerprint density at radius 1 is 0.500 bits per heavy atom. The lowest BCUT2D eigenvalue weighted by atomic mass is 10.1. The van der Waals surface area contributed by atoms with Gasteiger partial charge < -0.3 is 102 Å². The molecule has 0 bridgehead atoms. The quantitative estimate of drug-likeness (QED) is 0.0351. The second-order valence-electron chi connectivity index (χ2n) is 21.1. The zero-order valence-electron chi connectivity index (χ0n) is 49.2. The number of rotatable bonds is 25. The highest BCUT2D eigenvalue weighted by Gasteiger charge is 2.31. The summed E-state index contributed by atoms with van der Waals surface area (Å²) in [5.74, 6) is -5.09. The van der Waals surface area contributed by atoms with Crippen LogP contribution in [0.5, 0.6) is 0 Å². The molecule has 15 N–H and O–H groups in total. The number of carbonyl (C=O) groups is 11. The third kappa shape index (κ3) is 15.6. The Bertz CT molecular complexity index is 3870. The fourth-order valence-electron chi connectivity index (χ4n) is 9.69. The minimum atomic E-state index is -1.06. The number of anilines is 6. The molecule has 88 heavy (non-hydrogen) atoms. The number of aromatic nitrogens is 8. The molecule has 32 heteroatoms. The number of aryl methyl sites for hydroxylation is 7. The van der Waals surface area contributed by atoms with Crippen LogP contribution < -0.4 is 70.0 Å². The number of nitrogens with zero attached hydrogens (tertiary/aromatic N) is 8. The van der Waals surface area contributed by atoms with Gasteiger partial charge in [-0.25, -0.2) is 4.98 Å². The van der Waals surface area contributed by atoms with E-state index in [4.69, 9.17) is 11.5 Å². The summed E-state index contributed by atoms with van der Waals surface area (Å²) in [6.45, 7) is 0.322. The lowest BCUT2D eigenvalue weighted by molar-refractivity contribution is -0.122. The van der Waals surface area contributed by atoms with E-state index in [9.17, 15) is 52.7 Å². The van der Waals surface area contributed by atoms with Crippen molar-refractivity contribution in [2.45, 2.75) is 43.8 Å². The van der Waals surface area contributed by atoms with Gasteiger partial charge in [-0.3, -0.25) is 52.7 Å². The molecule has 7 aromatic heterocycles. The number of imidazole rings is 1. The predicted molar refractivity (Wildman–Crippen MR) is 321 cm³/mol. The van der Waals surface area contributed by atoms with Crippen molar-refractivity contribution in [1.82, 2.24) is 63.5 Å². The molecule has 464 valence electrons. The molecular weight excluding hydrogens is 1140 g/mol. The topological polar surface area (TPSA) is 420 Å². The van der Waals surface area contributed by atoms with Crippen molar-refractivity contribution in [2.24, 2.45) is 60.8 Å². The number of amides is 11. The Kier molecular flexibility index (Phi) is 19.6. The normalized spacial score (nSPS) is 13.9. The summed E-state index contributed by atoms with van der Waals surface area (Å²) >= 11 is 0. The highest BCUT2D eigenvalue weighted by atomic mass is 16.2. The molecule has 0 spiro atoms. The van der Waals surface area contributed by atoms with Gasteiger partial charge in [0.1, 0.15) is 34.2 Å². The minimum Gasteiger partial charge on any atom is -0.364 e. The van der Waals surface area contributed by atoms with Gasteiger partial charge in [0.25, 0.3) is 41.4 Å². The average molecular weight is 1210 g/mol. The summed E-state index contributed by atoms with van der Waals surface area (Å²) in [6.07, 6.45) is 12.6. The van der Waals surface area contributed by atoms with E-state index in [2.05, 4.69) is 63.5 Å². The van der Waals surface area contributed by atoms with Crippen molar-refractivity contribution in [3.63, 3.8) is 0 Å². The SMILES string of the molecule is Cn1cc(NC(=O)c2cc(NC(=O)c3cc(NC(=O)CCNC(=O)c4cc(NC(=O)[C@H](N)CCNC(=O)c5cc(NC(=O)[C@H]6C[C@H](NC(=O)CCNC(=O)c7cc(NC(=O)c8nccn8C)cn7C)CN6)cn5C)cn4C)cn3C)cn2C)cc1C(N)=O. The van der Waals surface area contributed by atoms with Gasteiger partial charge in [-0.15, -0.1) is 0 Å². The van der Waals surface area contributed by atoms with E-state index in [0.29, 0.717) is 35.0 Å². The molecule has 1 aliphatic rings. The monoisotopic (exact) mass is 1210 g/mol. The molecule has 8 rings (SSSR count). The summed E-state index contributed by atoms with van der Waals surface area (Å²) in [5, 5.41) is 30.4. The van der Waals surface area contributed by atoms with Crippen LogP contribution >= 0.6 is 0 Å². The van der Waals surface area contributed by atoms with E-state index in [0.717, 1.165) is 0 Å². The average Bonchev–Trinajstić information content (AvgIpc) is 3.58. The minimum absolute atomic E-state index is 0.0170. The molecule has 8 heterocycles. The third-order valence-electron chi connectivity index (χ3n) is 14.2. The summed E-state index contributed by atoms with van der Waals surface area (Å²) in [4.78, 5) is 146. The van der Waals surface area contributed by atoms with Crippen LogP contribution in [0.4, 0.5) is 34.1 Å². The standard InChI is InChI=1S/C56H69N21O11/c1-71-15-14-59-48(71)56(88)70-36-21-42(75(5)29-36)53(85)61-12-9-45(78)64-30-16-38(63-23-30)50(82)67-34-20-41(74(4)27-34)51(83)60-11-8-37(57)49(81)66-33-19-40(73(3)26-33)52(84)62-13-10-46(79)65-31-18-43(76(6)24-31)54(86)69-35-22-44(77(7)28-35)55(87)68-32-17-39(47(58)80)72(2)25-32/h14-15,17-22,24-30,37-38,63H,8-13,16,23,57H2,1-7H3,(H2,58,80)(H,60,83)(H,61,85)(H,62,84)(H,64,78)(H,65,79)(H,66,81)(H,67,82)(H,68,87)(H,69,86)(H,70,88)/t30-,37+,38+/m0/s1. The Balaban J connectivity index is 0.697. The molecule has 0 aliphatic carbocycles. The van der Waals surface area contributed by atoms with Gasteiger partial charge in [0.2, 0.25) is 23.6 Å². The van der Waals surface area contributed by atoms with E-state index >= 15 is 0 Å². The zero-order valence-corrected chi connectivity index (χ0v) is 49.2. The molecule has 7 aromatic rings. The maximum atomic E-state index is 13.3. The highest BCUT2D eigenvalue weighted by molar-refractivity contribution is 6.08. The number of hydrogen-bond donors (Lipinski definition) is 13. The van der Waals surface area contributed by atoms with Crippen LogP contribution in [0, 0.1) is 0 Å². The van der Waals surface area contributed by atoms with Crippen LogP contribution in [0.15, 0.2) is 86.0 Å². The van der Waals surface area contributed by atoms with Crippen molar-refractivity contribution in [1.29, 1.82) is 0 Å². The Morgan fingerprint density at radius 2 is 0.898 bits per heavy atom. The first-order valence-electron chi connectivity index (χ1n) is 27.5. The Hall–Kier alpha value is -11.0. The molecule has 1 fully saturated rings. The largest absolute Gasteiger partial charge is 0.364 e. The van der Waals surface area contributed by atoms with Gasteiger partial charge in [0, 0.05) is 144 Å². The van der Waals surface area contributed by atoms with Crippen LogP contribution in [-0.2, 0) is 68.5 Å². The molecule has 0 aromatic carbocycles. The molecular formula is C56H69N21O11. The molecule has 0 radical (unpaired) electrons. The molecule has 0 saturated carbocycles. The van der Waals surface area contributed by atoms with Gasteiger partial charge in [0.05, 0.1) is 46.2 Å². The first-order valence-corrected chi connectivity index (χ1v) is 27.5. The van der Waals surface area contributed by atoms with Crippen LogP contribution in [-0.4, -0.2) is 146 Å². The lowest BCUT2D eigenvalue weighted by Gasteiger charge is -2.13. The van der Waals surface area contributed by atoms with Crippen LogP contribution in [0.2, 0.25) is 0 Å². The zero-order chi connectivity index (χ0) is 63.7. The first-order chi connectivity index (χ1) is 41.8. The van der Waals surface area contributed by atoms with Gasteiger partial charge in [-0.2, -0.15) is 0 Å². The van der Waals surface area contributed by atoms with Crippen molar-refractivity contribution >= 4 is 99.1 Å². The number of primary amides is 1. The summed E-state index contributed by atoms with van der Waals surface area (Å²) < 4.78 is 10.6. The van der Waals surface area contributed by atoms with E-state index in [-0.39, 0.29) is 109 Å². The summed E-state index contributed by atoms with van der Waals surface area (Å²) in [6, 6.07) is 6.77. The maximum Gasteiger partial charge on any atom is 0.291 e. The lowest BCUT2D eigenvalue weighted by Crippen LogP contribution is -2.39. The first kappa shape index (κ1) is 63.0. The van der Waals surface area contributed by atoms with Gasteiger partial charge in [-0.05, 0) is 49.2 Å². The van der Waals surface area contributed by atoms with Crippen molar-refractivity contribution < 1.29 is 52.7 Å². The number of nitrogens with one attached hydrogen (secondary N) is 11. The number of nitrogens with two attached hydrogens (primary N) is 2. The summed E-state index contributed by atoms with van der Waals surface area (Å²) in [5.41, 5.74) is 14.8. The number of hydrogen-bond acceptors (Lipinski definition) is 14. The summed E-state index contributed by atoms with van der Waals surface area (Å²) in [7, 11) is 11.4. The molecule has 1 saturated heterocycles. The van der Waals surface area contributed by atoms with Crippen molar-refractivity contribution in [3.05, 3.63) is 126 Å². The smallest absolute Gasteiger partial charge is 0.291 e. The fourth-order valence-corrected chi connectivity index (χ4v) is 9.69. The maximum absolute atomic E-state index is 13.3. The highest BCUT2D eigenvalue weighted by Crippen LogP contribution is 2.22. The van der Waals surface area contributed by atoms with Crippen molar-refractivity contribution in [2.75, 3.05) is 58.1 Å². The van der Waals surface area contributed by atoms with Gasteiger partial charge in [-0.1, -0.05) is 0 Å². The third-order valence-corrected chi connectivity index (χ3v) is 14.2. The molecule has 11 amide bonds. The predicted octanol–water partition coefficient (Wildman–Crippen LogP) is -0.243. The van der Waals surface area contributed by atoms with Crippen LogP contribution in [0.3, 0.4) is 0 Å². The van der Waals surface area contributed by atoms with E-state index < -0.39 is 65.2 Å². The van der Waals surface area contributed by atoms with Crippen molar-refractivity contribution in [3.8, 4) is 0 Å². The molecule has 32 nitrogen and oxygen atoms in total.